The highest BCUT2D eigenvalue weighted by atomic mass is 16.1. The lowest BCUT2D eigenvalue weighted by molar-refractivity contribution is 0.0950. The summed E-state index contributed by atoms with van der Waals surface area (Å²) < 4.78 is 0. The second-order valence-corrected chi connectivity index (χ2v) is 6.55. The van der Waals surface area contributed by atoms with E-state index < -0.39 is 0 Å². The van der Waals surface area contributed by atoms with Gasteiger partial charge in [0.05, 0.1) is 17.8 Å². The van der Waals surface area contributed by atoms with E-state index >= 15 is 0 Å². The number of carbonyl (C=O) groups excluding carboxylic acids is 1. The number of anilines is 1. The summed E-state index contributed by atoms with van der Waals surface area (Å²) in [5.41, 5.74) is 2.48. The third-order valence-corrected chi connectivity index (χ3v) is 4.44. The molecule has 2 aromatic heterocycles. The fourth-order valence-corrected chi connectivity index (χ4v) is 3.08. The number of nitrogens with one attached hydrogen (secondary N) is 2. The van der Waals surface area contributed by atoms with Crippen molar-refractivity contribution in [3.05, 3.63) is 53.5 Å². The molecule has 0 aromatic carbocycles. The Labute approximate surface area is 148 Å². The quantitative estimate of drug-likeness (QED) is 0.871. The van der Waals surface area contributed by atoms with Crippen LogP contribution >= 0.6 is 0 Å². The van der Waals surface area contributed by atoms with Crippen molar-refractivity contribution in [2.75, 3.05) is 32.1 Å². The highest BCUT2D eigenvalue weighted by Gasteiger charge is 2.20. The van der Waals surface area contributed by atoms with E-state index in [-0.39, 0.29) is 5.91 Å². The number of hydrogen-bond donors (Lipinski definition) is 2. The van der Waals surface area contributed by atoms with Crippen molar-refractivity contribution in [2.24, 2.45) is 0 Å². The van der Waals surface area contributed by atoms with E-state index in [0.29, 0.717) is 23.8 Å². The van der Waals surface area contributed by atoms with Crippen LogP contribution in [0.3, 0.4) is 0 Å². The van der Waals surface area contributed by atoms with Gasteiger partial charge in [-0.05, 0) is 43.7 Å². The Morgan fingerprint density at radius 2 is 2.20 bits per heavy atom. The third kappa shape index (κ3) is 4.33. The third-order valence-electron chi connectivity index (χ3n) is 4.44. The van der Waals surface area contributed by atoms with Crippen molar-refractivity contribution < 1.29 is 4.79 Å². The van der Waals surface area contributed by atoms with E-state index in [4.69, 9.17) is 4.98 Å². The van der Waals surface area contributed by atoms with Gasteiger partial charge < -0.3 is 15.5 Å². The Morgan fingerprint density at radius 1 is 1.32 bits per heavy atom. The minimum absolute atomic E-state index is 0.129. The van der Waals surface area contributed by atoms with Gasteiger partial charge in [-0.2, -0.15) is 0 Å². The van der Waals surface area contributed by atoms with Crippen molar-refractivity contribution in [3.63, 3.8) is 0 Å². The molecule has 1 saturated heterocycles. The Hall–Kier alpha value is -2.47. The lowest BCUT2D eigenvalue weighted by Gasteiger charge is -2.24. The first-order chi connectivity index (χ1) is 12.1. The monoisotopic (exact) mass is 339 g/mol. The number of hydrogen-bond acceptors (Lipinski definition) is 5. The average Bonchev–Trinajstić information content (AvgIpc) is 2.67. The van der Waals surface area contributed by atoms with Gasteiger partial charge in [0.15, 0.2) is 0 Å². The Balaban J connectivity index is 1.76. The van der Waals surface area contributed by atoms with Crippen LogP contribution in [-0.2, 0) is 6.54 Å². The molecular weight excluding hydrogens is 314 g/mol. The molecule has 0 spiro atoms. The zero-order valence-electron chi connectivity index (χ0n) is 14.8. The van der Waals surface area contributed by atoms with E-state index in [9.17, 15) is 4.79 Å². The summed E-state index contributed by atoms with van der Waals surface area (Å²) in [7, 11) is 3.83. The lowest BCUT2D eigenvalue weighted by Crippen LogP contribution is -2.30. The largest absolute Gasteiger partial charge is 0.362 e. The van der Waals surface area contributed by atoms with Crippen LogP contribution < -0.4 is 15.5 Å². The van der Waals surface area contributed by atoms with Gasteiger partial charge in [-0.15, -0.1) is 0 Å². The molecule has 6 heteroatoms. The summed E-state index contributed by atoms with van der Waals surface area (Å²) in [5, 5.41) is 6.35. The highest BCUT2D eigenvalue weighted by Crippen LogP contribution is 2.25. The van der Waals surface area contributed by atoms with Crippen LogP contribution in [0, 0.1) is 0 Å². The number of nitrogens with zero attached hydrogens (tertiary/aromatic N) is 3. The number of pyridine rings is 2. The molecule has 1 aliphatic rings. The number of carbonyl (C=O) groups is 1. The van der Waals surface area contributed by atoms with E-state index in [0.717, 1.165) is 37.3 Å². The minimum Gasteiger partial charge on any atom is -0.362 e. The topological polar surface area (TPSA) is 70.2 Å². The van der Waals surface area contributed by atoms with Crippen LogP contribution in [0.1, 0.15) is 40.5 Å². The van der Waals surface area contributed by atoms with E-state index in [1.807, 2.05) is 49.3 Å². The normalized spacial score (nSPS) is 17.1. The number of rotatable bonds is 5. The SMILES string of the molecule is CN(C)c1nc([C@@H]2CCCNC2)ccc1C(=O)NCc1ccccn1. The molecule has 1 amide bonds. The molecule has 3 heterocycles. The number of piperidine rings is 1. The van der Waals surface area contributed by atoms with Gasteiger partial charge in [0.2, 0.25) is 0 Å². The van der Waals surface area contributed by atoms with Gasteiger partial charge in [0.25, 0.3) is 5.91 Å². The molecule has 132 valence electrons. The maximum Gasteiger partial charge on any atom is 0.255 e. The van der Waals surface area contributed by atoms with Crippen LogP contribution in [0.4, 0.5) is 5.82 Å². The van der Waals surface area contributed by atoms with Gasteiger partial charge in [-0.3, -0.25) is 9.78 Å². The van der Waals surface area contributed by atoms with Crippen LogP contribution in [0.5, 0.6) is 0 Å². The van der Waals surface area contributed by atoms with Gasteiger partial charge >= 0.3 is 0 Å². The smallest absolute Gasteiger partial charge is 0.255 e. The van der Waals surface area contributed by atoms with Gasteiger partial charge in [0, 0.05) is 38.4 Å². The van der Waals surface area contributed by atoms with Gasteiger partial charge in [-0.25, -0.2) is 4.98 Å². The summed E-state index contributed by atoms with van der Waals surface area (Å²) in [4.78, 5) is 23.5. The van der Waals surface area contributed by atoms with Gasteiger partial charge in [-0.1, -0.05) is 6.07 Å². The van der Waals surface area contributed by atoms with Gasteiger partial charge in [0.1, 0.15) is 5.82 Å². The average molecular weight is 339 g/mol. The summed E-state index contributed by atoms with van der Waals surface area (Å²) in [5.74, 6) is 0.995. The molecule has 3 rings (SSSR count). The predicted molar refractivity (Wildman–Crippen MR) is 98.8 cm³/mol. The lowest BCUT2D eigenvalue weighted by atomic mass is 9.95. The van der Waals surface area contributed by atoms with E-state index in [1.54, 1.807) is 6.20 Å². The van der Waals surface area contributed by atoms with Crippen molar-refractivity contribution in [3.8, 4) is 0 Å². The molecular formula is C19H25N5O. The van der Waals surface area contributed by atoms with Crippen LogP contribution in [0.15, 0.2) is 36.5 Å². The molecule has 2 N–H and O–H groups in total. The predicted octanol–water partition coefficient (Wildman–Crippen LogP) is 1.94. The first-order valence-corrected chi connectivity index (χ1v) is 8.72. The Bertz CT molecular complexity index is 711. The zero-order valence-corrected chi connectivity index (χ0v) is 14.8. The van der Waals surface area contributed by atoms with Crippen molar-refractivity contribution in [1.82, 2.24) is 20.6 Å². The second-order valence-electron chi connectivity index (χ2n) is 6.55. The second kappa shape index (κ2) is 8.07. The molecule has 0 aliphatic carbocycles. The van der Waals surface area contributed by atoms with Crippen LogP contribution in [0.2, 0.25) is 0 Å². The van der Waals surface area contributed by atoms with Crippen molar-refractivity contribution >= 4 is 11.7 Å². The molecule has 0 saturated carbocycles. The molecule has 25 heavy (non-hydrogen) atoms. The summed E-state index contributed by atoms with van der Waals surface area (Å²) in [6.45, 7) is 2.43. The molecule has 0 bridgehead atoms. The first-order valence-electron chi connectivity index (χ1n) is 8.72. The molecule has 1 atom stereocenters. The standard InChI is InChI=1S/C19H25N5O/c1-24(2)18-16(19(25)22-13-15-7-3-4-11-21-15)8-9-17(23-18)14-6-5-10-20-12-14/h3-4,7-9,11,14,20H,5-6,10,12-13H2,1-2H3,(H,22,25)/t14-/m1/s1. The maximum atomic E-state index is 12.6. The fourth-order valence-electron chi connectivity index (χ4n) is 3.08. The Morgan fingerprint density at radius 3 is 2.88 bits per heavy atom. The van der Waals surface area contributed by atoms with E-state index in [1.165, 1.54) is 0 Å². The molecule has 2 aromatic rings. The van der Waals surface area contributed by atoms with Crippen molar-refractivity contribution in [2.45, 2.75) is 25.3 Å². The van der Waals surface area contributed by atoms with Crippen molar-refractivity contribution in [1.29, 1.82) is 0 Å². The number of aromatic nitrogens is 2. The molecule has 0 radical (unpaired) electrons. The maximum absolute atomic E-state index is 12.6. The summed E-state index contributed by atoms with van der Waals surface area (Å²) in [6.07, 6.45) is 4.02. The molecule has 1 aliphatic heterocycles. The Kier molecular flexibility index (Phi) is 5.60. The highest BCUT2D eigenvalue weighted by molar-refractivity contribution is 5.98. The first kappa shape index (κ1) is 17.4. The molecule has 0 unspecified atom stereocenters. The minimum atomic E-state index is -0.129. The zero-order chi connectivity index (χ0) is 17.6. The summed E-state index contributed by atoms with van der Waals surface area (Å²) in [6, 6.07) is 9.54. The molecule has 6 nitrogen and oxygen atoms in total. The summed E-state index contributed by atoms with van der Waals surface area (Å²) >= 11 is 0. The van der Waals surface area contributed by atoms with Crippen LogP contribution in [0.25, 0.3) is 0 Å². The molecule has 1 fully saturated rings. The number of amides is 1. The fraction of sp³-hybridized carbons (Fsp3) is 0.421. The van der Waals surface area contributed by atoms with Crippen LogP contribution in [-0.4, -0.2) is 43.1 Å². The van der Waals surface area contributed by atoms with E-state index in [2.05, 4.69) is 15.6 Å².